The van der Waals surface area contributed by atoms with Crippen LogP contribution in [-0.4, -0.2) is 17.6 Å². The summed E-state index contributed by atoms with van der Waals surface area (Å²) in [4.78, 5) is 1.15. The first-order valence-electron chi connectivity index (χ1n) is 12.3. The van der Waals surface area contributed by atoms with Crippen LogP contribution >= 0.6 is 23.4 Å². The summed E-state index contributed by atoms with van der Waals surface area (Å²) in [6.45, 7) is 4.62. The molecule has 0 heterocycles. The van der Waals surface area contributed by atoms with E-state index < -0.39 is 0 Å². The van der Waals surface area contributed by atoms with Crippen molar-refractivity contribution in [2.75, 3.05) is 17.8 Å². The Morgan fingerprint density at radius 3 is 2.16 bits per heavy atom. The SMILES string of the molecule is CCCCCCCCCCCCSc1cc(NCOc2ccccc2)c(O)c(Cl)c1CC. The van der Waals surface area contributed by atoms with Crippen LogP contribution in [0.25, 0.3) is 0 Å². The lowest BCUT2D eigenvalue weighted by atomic mass is 10.1. The summed E-state index contributed by atoms with van der Waals surface area (Å²) in [5, 5.41) is 14.1. The molecule has 32 heavy (non-hydrogen) atoms. The van der Waals surface area contributed by atoms with Crippen molar-refractivity contribution in [2.24, 2.45) is 0 Å². The Bertz CT molecular complexity index is 770. The lowest BCUT2D eigenvalue weighted by Gasteiger charge is -2.16. The summed E-state index contributed by atoms with van der Waals surface area (Å²) >= 11 is 8.34. The highest BCUT2D eigenvalue weighted by atomic mass is 35.5. The zero-order valence-electron chi connectivity index (χ0n) is 19.8. The summed E-state index contributed by atoms with van der Waals surface area (Å²) in [5.74, 6) is 1.96. The smallest absolute Gasteiger partial charge is 0.159 e. The third-order valence-corrected chi connectivity index (χ3v) is 7.23. The van der Waals surface area contributed by atoms with Crippen LogP contribution in [0, 0.1) is 0 Å². The molecule has 0 spiro atoms. The highest BCUT2D eigenvalue weighted by Crippen LogP contribution is 2.41. The van der Waals surface area contributed by atoms with Crippen LogP contribution in [0.2, 0.25) is 5.02 Å². The van der Waals surface area contributed by atoms with E-state index in [4.69, 9.17) is 16.3 Å². The van der Waals surface area contributed by atoms with Gasteiger partial charge in [0.15, 0.2) is 12.5 Å². The normalized spacial score (nSPS) is 11.0. The molecule has 0 saturated heterocycles. The quantitative estimate of drug-likeness (QED) is 0.103. The third-order valence-electron chi connectivity index (χ3n) is 5.65. The molecular formula is C27H40ClNO2S. The van der Waals surface area contributed by atoms with Crippen molar-refractivity contribution in [3.05, 3.63) is 47.0 Å². The van der Waals surface area contributed by atoms with Crippen LogP contribution in [0.4, 0.5) is 5.69 Å². The standard InChI is InChI=1S/C27H40ClNO2S/c1-3-5-6-7-8-9-10-11-12-16-19-32-25-20-24(27(30)26(28)23(25)4-2)29-21-31-22-17-14-13-15-18-22/h13-15,17-18,20,29-30H,3-12,16,19,21H2,1-2H3. The number of aromatic hydroxyl groups is 1. The van der Waals surface area contributed by atoms with Crippen molar-refractivity contribution in [3.63, 3.8) is 0 Å². The predicted octanol–water partition coefficient (Wildman–Crippen LogP) is 9.07. The number of anilines is 1. The van der Waals surface area contributed by atoms with Gasteiger partial charge in [-0.25, -0.2) is 0 Å². The van der Waals surface area contributed by atoms with Crippen LogP contribution < -0.4 is 10.1 Å². The van der Waals surface area contributed by atoms with E-state index >= 15 is 0 Å². The number of benzene rings is 2. The minimum Gasteiger partial charge on any atom is -0.504 e. The minimum absolute atomic E-state index is 0.100. The van der Waals surface area contributed by atoms with Crippen LogP contribution in [0.5, 0.6) is 11.5 Å². The maximum absolute atomic E-state index is 10.5. The first kappa shape index (κ1) is 26.7. The van der Waals surface area contributed by atoms with Gasteiger partial charge in [-0.15, -0.1) is 11.8 Å². The van der Waals surface area contributed by atoms with Gasteiger partial charge in [-0.3, -0.25) is 0 Å². The van der Waals surface area contributed by atoms with Crippen LogP contribution in [0.3, 0.4) is 0 Å². The lowest BCUT2D eigenvalue weighted by molar-refractivity contribution is 0.345. The molecule has 2 N–H and O–H groups in total. The monoisotopic (exact) mass is 477 g/mol. The second-order valence-electron chi connectivity index (χ2n) is 8.23. The van der Waals surface area contributed by atoms with Gasteiger partial charge >= 0.3 is 0 Å². The van der Waals surface area contributed by atoms with E-state index in [0.717, 1.165) is 28.4 Å². The fourth-order valence-electron chi connectivity index (χ4n) is 3.73. The molecule has 178 valence electrons. The molecule has 0 atom stereocenters. The number of ether oxygens (including phenoxy) is 1. The first-order chi connectivity index (χ1) is 15.7. The molecular weight excluding hydrogens is 438 g/mol. The maximum Gasteiger partial charge on any atom is 0.159 e. The summed E-state index contributed by atoms with van der Waals surface area (Å²) in [5.41, 5.74) is 1.64. The van der Waals surface area contributed by atoms with Crippen molar-refractivity contribution < 1.29 is 9.84 Å². The molecule has 2 aromatic carbocycles. The van der Waals surface area contributed by atoms with Gasteiger partial charge in [-0.2, -0.15) is 0 Å². The molecule has 0 aromatic heterocycles. The molecule has 0 fully saturated rings. The van der Waals surface area contributed by atoms with Gasteiger partial charge in [0.05, 0.1) is 10.7 Å². The summed E-state index contributed by atoms with van der Waals surface area (Å²) in [6.07, 6.45) is 14.3. The molecule has 0 aliphatic carbocycles. The van der Waals surface area contributed by atoms with Gasteiger partial charge in [-0.05, 0) is 42.4 Å². The molecule has 0 aliphatic rings. The van der Waals surface area contributed by atoms with E-state index in [0.29, 0.717) is 10.7 Å². The molecule has 3 nitrogen and oxygen atoms in total. The van der Waals surface area contributed by atoms with Crippen molar-refractivity contribution in [2.45, 2.75) is 89.4 Å². The topological polar surface area (TPSA) is 41.5 Å². The Kier molecular flexibility index (Phi) is 13.5. The largest absolute Gasteiger partial charge is 0.504 e. The summed E-state index contributed by atoms with van der Waals surface area (Å²) in [7, 11) is 0. The number of nitrogens with one attached hydrogen (secondary N) is 1. The second kappa shape index (κ2) is 16.1. The van der Waals surface area contributed by atoms with Crippen molar-refractivity contribution in [1.82, 2.24) is 0 Å². The zero-order chi connectivity index (χ0) is 23.0. The number of thioether (sulfide) groups is 1. The van der Waals surface area contributed by atoms with E-state index in [2.05, 4.69) is 19.2 Å². The number of hydrogen-bond acceptors (Lipinski definition) is 4. The molecule has 0 aliphatic heterocycles. The van der Waals surface area contributed by atoms with Gasteiger partial charge in [0.1, 0.15) is 5.75 Å². The molecule has 0 bridgehead atoms. The van der Waals surface area contributed by atoms with E-state index in [-0.39, 0.29) is 12.5 Å². The summed E-state index contributed by atoms with van der Waals surface area (Å²) < 4.78 is 5.70. The van der Waals surface area contributed by atoms with Crippen LogP contribution in [0.15, 0.2) is 41.3 Å². The second-order valence-corrected chi connectivity index (χ2v) is 9.74. The number of para-hydroxylation sites is 1. The average molecular weight is 478 g/mol. The van der Waals surface area contributed by atoms with E-state index in [1.807, 2.05) is 48.2 Å². The van der Waals surface area contributed by atoms with E-state index in [9.17, 15) is 5.11 Å². The van der Waals surface area contributed by atoms with Gasteiger partial charge < -0.3 is 15.2 Å². The van der Waals surface area contributed by atoms with Crippen LogP contribution in [-0.2, 0) is 6.42 Å². The molecule has 0 unspecified atom stereocenters. The van der Waals surface area contributed by atoms with Crippen molar-refractivity contribution in [1.29, 1.82) is 0 Å². The number of phenols is 1. The minimum atomic E-state index is 0.100. The number of hydrogen-bond donors (Lipinski definition) is 2. The highest BCUT2D eigenvalue weighted by molar-refractivity contribution is 7.99. The van der Waals surface area contributed by atoms with Gasteiger partial charge in [0, 0.05) is 4.90 Å². The highest BCUT2D eigenvalue weighted by Gasteiger charge is 2.15. The van der Waals surface area contributed by atoms with Gasteiger partial charge in [0.2, 0.25) is 0 Å². The fraction of sp³-hybridized carbons (Fsp3) is 0.556. The zero-order valence-corrected chi connectivity index (χ0v) is 21.4. The molecule has 2 rings (SSSR count). The summed E-state index contributed by atoms with van der Waals surface area (Å²) in [6, 6.07) is 11.6. The Morgan fingerprint density at radius 1 is 0.906 bits per heavy atom. The Hall–Kier alpha value is -1.52. The van der Waals surface area contributed by atoms with Crippen LogP contribution in [0.1, 0.15) is 83.6 Å². The number of unbranched alkanes of at least 4 members (excludes halogenated alkanes) is 9. The number of rotatable bonds is 17. The third kappa shape index (κ3) is 9.54. The number of halogens is 1. The van der Waals surface area contributed by atoms with Crippen molar-refractivity contribution >= 4 is 29.1 Å². The lowest BCUT2D eigenvalue weighted by Crippen LogP contribution is -2.09. The molecule has 0 amide bonds. The van der Waals surface area contributed by atoms with E-state index in [1.165, 1.54) is 64.2 Å². The van der Waals surface area contributed by atoms with Crippen molar-refractivity contribution in [3.8, 4) is 11.5 Å². The molecule has 0 radical (unpaired) electrons. The average Bonchev–Trinajstić information content (AvgIpc) is 2.81. The first-order valence-corrected chi connectivity index (χ1v) is 13.6. The van der Waals surface area contributed by atoms with E-state index in [1.54, 1.807) is 0 Å². The Labute approximate surface area is 204 Å². The molecule has 5 heteroatoms. The predicted molar refractivity (Wildman–Crippen MR) is 141 cm³/mol. The Morgan fingerprint density at radius 2 is 1.53 bits per heavy atom. The van der Waals surface area contributed by atoms with Gasteiger partial charge in [0.25, 0.3) is 0 Å². The molecule has 0 saturated carbocycles. The number of phenolic OH excluding ortho intramolecular Hbond substituents is 1. The maximum atomic E-state index is 10.5. The Balaban J connectivity index is 1.76. The molecule has 2 aromatic rings. The van der Waals surface area contributed by atoms with Gasteiger partial charge in [-0.1, -0.05) is 101 Å². The fourth-order valence-corrected chi connectivity index (χ4v) is 5.32.